The Labute approximate surface area is 172 Å². The Hall–Kier alpha value is -1.89. The second kappa shape index (κ2) is 9.07. The summed E-state index contributed by atoms with van der Waals surface area (Å²) in [4.78, 5) is 12.7. The third kappa shape index (κ3) is 5.13. The summed E-state index contributed by atoms with van der Waals surface area (Å²) in [5.41, 5.74) is 4.48. The summed E-state index contributed by atoms with van der Waals surface area (Å²) >= 11 is 5.84. The Morgan fingerprint density at radius 2 is 1.64 bits per heavy atom. The maximum absolute atomic E-state index is 12.8. The number of likely N-dealkylation sites (N-methyl/N-ethyl adjacent to an activating group) is 1. The third-order valence-corrected chi connectivity index (χ3v) is 7.04. The lowest BCUT2D eigenvalue weighted by atomic mass is 9.96. The molecule has 1 N–H and O–H groups in total. The largest absolute Gasteiger partial charge is 0.348 e. The standard InChI is InChI=1S/C21H27ClN2O3S/c1-6-24(28(26,27)19-9-7-18(22)8-10-19)13-21(25)23-17(5)20-12-15(3)14(2)11-16(20)4/h7-12,17H,6,13H2,1-5H3,(H,23,25)/t17-/m1/s1. The number of amides is 1. The van der Waals surface area contributed by atoms with E-state index in [1.165, 1.54) is 29.8 Å². The van der Waals surface area contributed by atoms with E-state index in [-0.39, 0.29) is 29.9 Å². The second-order valence-electron chi connectivity index (χ2n) is 6.97. The van der Waals surface area contributed by atoms with E-state index in [4.69, 9.17) is 11.6 Å². The molecule has 0 bridgehead atoms. The molecule has 0 aliphatic carbocycles. The van der Waals surface area contributed by atoms with Gasteiger partial charge in [0.15, 0.2) is 0 Å². The molecule has 0 saturated carbocycles. The van der Waals surface area contributed by atoms with Gasteiger partial charge in [-0.1, -0.05) is 30.7 Å². The number of carbonyl (C=O) groups excluding carboxylic acids is 1. The molecule has 0 aliphatic rings. The number of benzene rings is 2. The average Bonchev–Trinajstić information content (AvgIpc) is 2.62. The van der Waals surface area contributed by atoms with Gasteiger partial charge in [-0.2, -0.15) is 4.31 Å². The van der Waals surface area contributed by atoms with Crippen molar-refractivity contribution in [1.82, 2.24) is 9.62 Å². The van der Waals surface area contributed by atoms with Crippen LogP contribution in [-0.4, -0.2) is 31.7 Å². The first kappa shape index (κ1) is 22.4. The molecule has 28 heavy (non-hydrogen) atoms. The van der Waals surface area contributed by atoms with Gasteiger partial charge in [-0.25, -0.2) is 8.42 Å². The zero-order valence-corrected chi connectivity index (χ0v) is 18.5. The fourth-order valence-corrected chi connectivity index (χ4v) is 4.63. The van der Waals surface area contributed by atoms with E-state index in [1.807, 2.05) is 20.8 Å². The minimum atomic E-state index is -3.77. The molecule has 152 valence electrons. The van der Waals surface area contributed by atoms with Gasteiger partial charge in [-0.3, -0.25) is 4.79 Å². The molecule has 1 amide bonds. The molecule has 2 rings (SSSR count). The summed E-state index contributed by atoms with van der Waals surface area (Å²) in [6.45, 7) is 9.65. The molecule has 0 saturated heterocycles. The number of nitrogens with one attached hydrogen (secondary N) is 1. The van der Waals surface area contributed by atoms with Crippen LogP contribution in [0.2, 0.25) is 5.02 Å². The van der Waals surface area contributed by atoms with Crippen LogP contribution in [0.3, 0.4) is 0 Å². The molecule has 2 aromatic rings. The van der Waals surface area contributed by atoms with Gasteiger partial charge in [-0.05, 0) is 74.2 Å². The summed E-state index contributed by atoms with van der Waals surface area (Å²) in [7, 11) is -3.77. The minimum Gasteiger partial charge on any atom is -0.348 e. The molecule has 2 aromatic carbocycles. The van der Waals surface area contributed by atoms with Crippen LogP contribution in [0.5, 0.6) is 0 Å². The van der Waals surface area contributed by atoms with Gasteiger partial charge in [0.25, 0.3) is 0 Å². The Bertz CT molecular complexity index is 956. The van der Waals surface area contributed by atoms with Crippen LogP contribution in [-0.2, 0) is 14.8 Å². The highest BCUT2D eigenvalue weighted by Crippen LogP contribution is 2.22. The normalized spacial score (nSPS) is 12.8. The SMILES string of the molecule is CCN(CC(=O)N[C@H](C)c1cc(C)c(C)cc1C)S(=O)(=O)c1ccc(Cl)cc1. The molecule has 5 nitrogen and oxygen atoms in total. The number of hydrogen-bond acceptors (Lipinski definition) is 3. The van der Waals surface area contributed by atoms with Gasteiger partial charge in [0, 0.05) is 11.6 Å². The predicted octanol–water partition coefficient (Wildman–Crippen LogP) is 4.15. The van der Waals surface area contributed by atoms with Crippen molar-refractivity contribution >= 4 is 27.5 Å². The smallest absolute Gasteiger partial charge is 0.243 e. The zero-order chi connectivity index (χ0) is 21.1. The first-order valence-electron chi connectivity index (χ1n) is 9.19. The molecule has 0 radical (unpaired) electrons. The van der Waals surface area contributed by atoms with Crippen molar-refractivity contribution in [2.75, 3.05) is 13.1 Å². The Kier molecular flexibility index (Phi) is 7.26. The van der Waals surface area contributed by atoms with Crippen molar-refractivity contribution in [3.05, 3.63) is 63.7 Å². The number of halogens is 1. The van der Waals surface area contributed by atoms with E-state index < -0.39 is 10.0 Å². The number of aryl methyl sites for hydroxylation is 3. The predicted molar refractivity (Wildman–Crippen MR) is 113 cm³/mol. The van der Waals surface area contributed by atoms with Crippen LogP contribution < -0.4 is 5.32 Å². The fourth-order valence-electron chi connectivity index (χ4n) is 3.10. The van der Waals surface area contributed by atoms with E-state index in [9.17, 15) is 13.2 Å². The van der Waals surface area contributed by atoms with Crippen LogP contribution in [0, 0.1) is 20.8 Å². The summed E-state index contributed by atoms with van der Waals surface area (Å²) in [5, 5.41) is 3.37. The number of nitrogens with zero attached hydrogens (tertiary/aromatic N) is 1. The summed E-state index contributed by atoms with van der Waals surface area (Å²) < 4.78 is 26.8. The van der Waals surface area contributed by atoms with Crippen LogP contribution in [0.25, 0.3) is 0 Å². The molecule has 0 heterocycles. The first-order chi connectivity index (χ1) is 13.1. The quantitative estimate of drug-likeness (QED) is 0.728. The van der Waals surface area contributed by atoms with E-state index in [1.54, 1.807) is 6.92 Å². The molecule has 0 fully saturated rings. The highest BCUT2D eigenvalue weighted by Gasteiger charge is 2.26. The molecule has 0 unspecified atom stereocenters. The Morgan fingerprint density at radius 3 is 2.21 bits per heavy atom. The summed E-state index contributed by atoms with van der Waals surface area (Å²) in [6, 6.07) is 9.87. The number of sulfonamides is 1. The van der Waals surface area contributed by atoms with Gasteiger partial charge in [-0.15, -0.1) is 0 Å². The van der Waals surface area contributed by atoms with Crippen LogP contribution in [0.4, 0.5) is 0 Å². The van der Waals surface area contributed by atoms with Crippen LogP contribution >= 0.6 is 11.6 Å². The molecular formula is C21H27ClN2O3S. The van der Waals surface area contributed by atoms with Crippen LogP contribution in [0.1, 0.15) is 42.1 Å². The van der Waals surface area contributed by atoms with Gasteiger partial charge in [0.05, 0.1) is 17.5 Å². The molecular weight excluding hydrogens is 396 g/mol. The molecule has 1 atom stereocenters. The van der Waals surface area contributed by atoms with Crippen molar-refractivity contribution in [1.29, 1.82) is 0 Å². The van der Waals surface area contributed by atoms with Gasteiger partial charge < -0.3 is 5.32 Å². The van der Waals surface area contributed by atoms with Crippen molar-refractivity contribution in [3.63, 3.8) is 0 Å². The van der Waals surface area contributed by atoms with Crippen molar-refractivity contribution in [2.24, 2.45) is 0 Å². The van der Waals surface area contributed by atoms with Crippen molar-refractivity contribution < 1.29 is 13.2 Å². The lowest BCUT2D eigenvalue weighted by Gasteiger charge is -2.23. The Morgan fingerprint density at radius 1 is 1.07 bits per heavy atom. The average molecular weight is 423 g/mol. The number of rotatable bonds is 7. The van der Waals surface area contributed by atoms with E-state index >= 15 is 0 Å². The van der Waals surface area contributed by atoms with Gasteiger partial charge >= 0.3 is 0 Å². The molecule has 7 heteroatoms. The number of carbonyl (C=O) groups is 1. The minimum absolute atomic E-state index is 0.115. The molecule has 0 aromatic heterocycles. The highest BCUT2D eigenvalue weighted by atomic mass is 35.5. The first-order valence-corrected chi connectivity index (χ1v) is 11.0. The van der Waals surface area contributed by atoms with Gasteiger partial charge in [0.1, 0.15) is 0 Å². The second-order valence-corrected chi connectivity index (χ2v) is 9.34. The highest BCUT2D eigenvalue weighted by molar-refractivity contribution is 7.89. The van der Waals surface area contributed by atoms with E-state index in [0.717, 1.165) is 21.0 Å². The maximum Gasteiger partial charge on any atom is 0.243 e. The zero-order valence-electron chi connectivity index (χ0n) is 16.9. The van der Waals surface area contributed by atoms with Gasteiger partial charge in [0.2, 0.25) is 15.9 Å². The third-order valence-electron chi connectivity index (χ3n) is 4.85. The summed E-state index contributed by atoms with van der Waals surface area (Å²) in [5.74, 6) is -0.343. The molecule has 0 aliphatic heterocycles. The maximum atomic E-state index is 12.8. The van der Waals surface area contributed by atoms with E-state index in [2.05, 4.69) is 24.4 Å². The fraction of sp³-hybridized carbons (Fsp3) is 0.381. The van der Waals surface area contributed by atoms with E-state index in [0.29, 0.717) is 5.02 Å². The Balaban J connectivity index is 2.14. The van der Waals surface area contributed by atoms with Crippen LogP contribution in [0.15, 0.2) is 41.3 Å². The lowest BCUT2D eigenvalue weighted by Crippen LogP contribution is -2.41. The van der Waals surface area contributed by atoms with Crippen molar-refractivity contribution in [3.8, 4) is 0 Å². The number of hydrogen-bond donors (Lipinski definition) is 1. The monoisotopic (exact) mass is 422 g/mol. The summed E-state index contributed by atoms with van der Waals surface area (Å²) in [6.07, 6.45) is 0. The molecule has 0 spiro atoms. The van der Waals surface area contributed by atoms with Crippen molar-refractivity contribution in [2.45, 2.75) is 45.6 Å². The topological polar surface area (TPSA) is 66.5 Å². The lowest BCUT2D eigenvalue weighted by molar-refractivity contribution is -0.121.